The molecule has 0 amide bonds. The Morgan fingerprint density at radius 2 is 1.90 bits per heavy atom. The highest BCUT2D eigenvalue weighted by Crippen LogP contribution is 2.28. The summed E-state index contributed by atoms with van der Waals surface area (Å²) in [6.45, 7) is 2.67. The van der Waals surface area contributed by atoms with Crippen molar-refractivity contribution in [2.24, 2.45) is 0 Å². The molecule has 0 aliphatic carbocycles. The first-order valence-electron chi connectivity index (χ1n) is 6.21. The first kappa shape index (κ1) is 14.7. The topological polar surface area (TPSA) is 43.4 Å². The van der Waals surface area contributed by atoms with Crippen molar-refractivity contribution in [3.8, 4) is 11.5 Å². The molecule has 0 radical (unpaired) electrons. The second kappa shape index (κ2) is 6.61. The molecule has 0 aliphatic heterocycles. The van der Waals surface area contributed by atoms with Gasteiger partial charge >= 0.3 is 0 Å². The molecule has 0 aliphatic rings. The minimum Gasteiger partial charge on any atom is -0.493 e. The van der Waals surface area contributed by atoms with Gasteiger partial charge in [0.1, 0.15) is 5.82 Å². The Balaban J connectivity index is 2.10. The van der Waals surface area contributed by atoms with Gasteiger partial charge in [-0.05, 0) is 52.2 Å². The van der Waals surface area contributed by atoms with Gasteiger partial charge in [0.05, 0.1) is 18.7 Å². The van der Waals surface area contributed by atoms with Crippen LogP contribution in [0.5, 0.6) is 11.5 Å². The summed E-state index contributed by atoms with van der Waals surface area (Å²) >= 11 is 3.50. The van der Waals surface area contributed by atoms with Gasteiger partial charge in [-0.3, -0.25) is 0 Å². The third-order valence-corrected chi connectivity index (χ3v) is 3.49. The van der Waals surface area contributed by atoms with Crippen molar-refractivity contribution in [1.29, 1.82) is 0 Å². The maximum Gasteiger partial charge on any atom is 0.161 e. The minimum atomic E-state index is 0.662. The van der Waals surface area contributed by atoms with E-state index in [1.807, 2.05) is 37.4 Å². The standard InChI is InChI=1S/C15H17BrN2O2/c1-10-6-12(16)15(17-8-10)18-9-11-4-5-13(19-2)14(7-11)20-3/h4-8H,9H2,1-3H3,(H,17,18). The lowest BCUT2D eigenvalue weighted by molar-refractivity contribution is 0.354. The smallest absolute Gasteiger partial charge is 0.161 e. The maximum atomic E-state index is 5.29. The fraction of sp³-hybridized carbons (Fsp3) is 0.267. The number of nitrogens with one attached hydrogen (secondary N) is 1. The number of benzene rings is 1. The van der Waals surface area contributed by atoms with E-state index < -0.39 is 0 Å². The lowest BCUT2D eigenvalue weighted by Gasteiger charge is -2.11. The molecule has 0 spiro atoms. The Hall–Kier alpha value is -1.75. The van der Waals surface area contributed by atoms with Crippen LogP contribution in [0.1, 0.15) is 11.1 Å². The van der Waals surface area contributed by atoms with Crippen LogP contribution >= 0.6 is 15.9 Å². The van der Waals surface area contributed by atoms with Crippen LogP contribution in [-0.2, 0) is 6.54 Å². The second-order valence-corrected chi connectivity index (χ2v) is 5.24. The Morgan fingerprint density at radius 1 is 1.15 bits per heavy atom. The van der Waals surface area contributed by atoms with Gasteiger partial charge in [-0.15, -0.1) is 0 Å². The lowest BCUT2D eigenvalue weighted by Crippen LogP contribution is -2.03. The number of hydrogen-bond donors (Lipinski definition) is 1. The third kappa shape index (κ3) is 3.42. The zero-order chi connectivity index (χ0) is 14.5. The van der Waals surface area contributed by atoms with Crippen LogP contribution in [-0.4, -0.2) is 19.2 Å². The van der Waals surface area contributed by atoms with Gasteiger partial charge in [0.15, 0.2) is 11.5 Å². The van der Waals surface area contributed by atoms with Gasteiger partial charge in [0.2, 0.25) is 0 Å². The van der Waals surface area contributed by atoms with Crippen LogP contribution < -0.4 is 14.8 Å². The number of methoxy groups -OCH3 is 2. The van der Waals surface area contributed by atoms with Crippen molar-refractivity contribution in [2.75, 3.05) is 19.5 Å². The molecule has 2 rings (SSSR count). The summed E-state index contributed by atoms with van der Waals surface area (Å²) < 4.78 is 11.5. The molecule has 0 unspecified atom stereocenters. The van der Waals surface area contributed by atoms with Gasteiger partial charge in [-0.2, -0.15) is 0 Å². The van der Waals surface area contributed by atoms with Crippen molar-refractivity contribution in [2.45, 2.75) is 13.5 Å². The highest BCUT2D eigenvalue weighted by molar-refractivity contribution is 9.10. The molecular formula is C15H17BrN2O2. The molecule has 5 heteroatoms. The quantitative estimate of drug-likeness (QED) is 0.902. The first-order valence-corrected chi connectivity index (χ1v) is 7.00. The molecular weight excluding hydrogens is 320 g/mol. The normalized spacial score (nSPS) is 10.2. The molecule has 1 aromatic carbocycles. The molecule has 0 bridgehead atoms. The van der Waals surface area contributed by atoms with E-state index in [1.165, 1.54) is 0 Å². The van der Waals surface area contributed by atoms with Crippen LogP contribution in [0.15, 0.2) is 34.9 Å². The fourth-order valence-corrected chi connectivity index (χ4v) is 2.44. The number of hydrogen-bond acceptors (Lipinski definition) is 4. The zero-order valence-corrected chi connectivity index (χ0v) is 13.3. The Labute approximate surface area is 127 Å². The van der Waals surface area contributed by atoms with Gasteiger partial charge in [-0.1, -0.05) is 6.07 Å². The van der Waals surface area contributed by atoms with Gasteiger partial charge in [0.25, 0.3) is 0 Å². The molecule has 20 heavy (non-hydrogen) atoms. The predicted octanol–water partition coefficient (Wildman–Crippen LogP) is 3.78. The summed E-state index contributed by atoms with van der Waals surface area (Å²) in [5.74, 6) is 2.28. The molecule has 1 N–H and O–H groups in total. The minimum absolute atomic E-state index is 0.662. The van der Waals surface area contributed by atoms with E-state index in [0.29, 0.717) is 6.54 Å². The number of ether oxygens (including phenoxy) is 2. The average Bonchev–Trinajstić information content (AvgIpc) is 2.46. The van der Waals surface area contributed by atoms with E-state index in [2.05, 4.69) is 26.2 Å². The van der Waals surface area contributed by atoms with E-state index in [9.17, 15) is 0 Å². The zero-order valence-electron chi connectivity index (χ0n) is 11.7. The molecule has 0 fully saturated rings. The number of halogens is 1. The number of rotatable bonds is 5. The van der Waals surface area contributed by atoms with E-state index >= 15 is 0 Å². The highest BCUT2D eigenvalue weighted by Gasteiger charge is 2.06. The maximum absolute atomic E-state index is 5.29. The Morgan fingerprint density at radius 3 is 2.55 bits per heavy atom. The van der Waals surface area contributed by atoms with Crippen LogP contribution in [0.3, 0.4) is 0 Å². The van der Waals surface area contributed by atoms with Gasteiger partial charge in [0, 0.05) is 12.7 Å². The van der Waals surface area contributed by atoms with Crippen molar-refractivity contribution < 1.29 is 9.47 Å². The van der Waals surface area contributed by atoms with Gasteiger partial charge < -0.3 is 14.8 Å². The predicted molar refractivity (Wildman–Crippen MR) is 83.5 cm³/mol. The molecule has 2 aromatic rings. The largest absolute Gasteiger partial charge is 0.493 e. The van der Waals surface area contributed by atoms with E-state index in [-0.39, 0.29) is 0 Å². The molecule has 1 aromatic heterocycles. The second-order valence-electron chi connectivity index (χ2n) is 4.39. The first-order chi connectivity index (χ1) is 9.63. The molecule has 0 atom stereocenters. The van der Waals surface area contributed by atoms with E-state index in [1.54, 1.807) is 14.2 Å². The fourth-order valence-electron chi connectivity index (χ4n) is 1.84. The summed E-state index contributed by atoms with van der Waals surface area (Å²) in [7, 11) is 3.26. The van der Waals surface area contributed by atoms with Gasteiger partial charge in [-0.25, -0.2) is 4.98 Å². The van der Waals surface area contributed by atoms with Crippen LogP contribution in [0, 0.1) is 6.92 Å². The monoisotopic (exact) mass is 336 g/mol. The van der Waals surface area contributed by atoms with Crippen molar-refractivity contribution in [3.63, 3.8) is 0 Å². The average molecular weight is 337 g/mol. The molecule has 4 nitrogen and oxygen atoms in total. The van der Waals surface area contributed by atoms with Crippen molar-refractivity contribution >= 4 is 21.7 Å². The van der Waals surface area contributed by atoms with E-state index in [4.69, 9.17) is 9.47 Å². The molecule has 1 heterocycles. The summed E-state index contributed by atoms with van der Waals surface area (Å²) in [5, 5.41) is 3.29. The lowest BCUT2D eigenvalue weighted by atomic mass is 10.2. The Kier molecular flexibility index (Phi) is 4.84. The Bertz CT molecular complexity index is 602. The summed E-state index contributed by atoms with van der Waals surface area (Å²) in [4.78, 5) is 4.36. The summed E-state index contributed by atoms with van der Waals surface area (Å²) in [6, 6.07) is 7.88. The summed E-state index contributed by atoms with van der Waals surface area (Å²) in [5.41, 5.74) is 2.21. The summed E-state index contributed by atoms with van der Waals surface area (Å²) in [6.07, 6.45) is 1.84. The number of nitrogens with zero attached hydrogens (tertiary/aromatic N) is 1. The van der Waals surface area contributed by atoms with Crippen LogP contribution in [0.4, 0.5) is 5.82 Å². The SMILES string of the molecule is COc1ccc(CNc2ncc(C)cc2Br)cc1OC. The third-order valence-electron chi connectivity index (χ3n) is 2.89. The molecule has 106 valence electrons. The van der Waals surface area contributed by atoms with Crippen LogP contribution in [0.2, 0.25) is 0 Å². The number of aryl methyl sites for hydroxylation is 1. The number of aromatic nitrogens is 1. The highest BCUT2D eigenvalue weighted by atomic mass is 79.9. The van der Waals surface area contributed by atoms with Crippen molar-refractivity contribution in [3.05, 3.63) is 46.1 Å². The number of anilines is 1. The molecule has 0 saturated heterocycles. The van der Waals surface area contributed by atoms with E-state index in [0.717, 1.165) is 32.9 Å². The van der Waals surface area contributed by atoms with Crippen LogP contribution in [0.25, 0.3) is 0 Å². The van der Waals surface area contributed by atoms with Crippen molar-refractivity contribution in [1.82, 2.24) is 4.98 Å². The molecule has 0 saturated carbocycles. The number of pyridine rings is 1.